The zero-order valence-electron chi connectivity index (χ0n) is 16.3. The second-order valence-corrected chi connectivity index (χ2v) is 7.00. The van der Waals surface area contributed by atoms with E-state index in [-0.39, 0.29) is 12.1 Å². The zero-order valence-corrected chi connectivity index (χ0v) is 16.3. The summed E-state index contributed by atoms with van der Waals surface area (Å²) in [7, 11) is 0. The fourth-order valence-corrected chi connectivity index (χ4v) is 3.14. The molecule has 0 spiro atoms. The second kappa shape index (κ2) is 16.2. The zero-order chi connectivity index (χ0) is 18.0. The van der Waals surface area contributed by atoms with Gasteiger partial charge in [0.05, 0.1) is 0 Å². The van der Waals surface area contributed by atoms with Gasteiger partial charge < -0.3 is 4.74 Å². The van der Waals surface area contributed by atoms with Crippen molar-refractivity contribution in [2.24, 2.45) is 0 Å². The van der Waals surface area contributed by atoms with Gasteiger partial charge in [0.25, 0.3) is 0 Å². The van der Waals surface area contributed by atoms with Gasteiger partial charge in [-0.15, -0.1) is 0 Å². The van der Waals surface area contributed by atoms with Crippen molar-refractivity contribution < 1.29 is 9.53 Å². The summed E-state index contributed by atoms with van der Waals surface area (Å²) in [4.78, 5) is 11.7. The summed E-state index contributed by atoms with van der Waals surface area (Å²) in [6.07, 6.45) is 29.2. The van der Waals surface area contributed by atoms with Gasteiger partial charge in [0.2, 0.25) is 0 Å². The van der Waals surface area contributed by atoms with Crippen molar-refractivity contribution in [3.63, 3.8) is 0 Å². The lowest BCUT2D eigenvalue weighted by Crippen LogP contribution is -2.14. The Labute approximate surface area is 155 Å². The molecule has 0 aromatic carbocycles. The van der Waals surface area contributed by atoms with Gasteiger partial charge >= 0.3 is 5.97 Å². The van der Waals surface area contributed by atoms with Gasteiger partial charge in [0.15, 0.2) is 0 Å². The average Bonchev–Trinajstić information content (AvgIpc) is 3.11. The highest BCUT2D eigenvalue weighted by atomic mass is 16.5. The smallest absolute Gasteiger partial charge is 0.306 e. The van der Waals surface area contributed by atoms with Gasteiger partial charge in [-0.05, 0) is 64.2 Å². The van der Waals surface area contributed by atoms with Gasteiger partial charge in [-0.25, -0.2) is 0 Å². The first-order valence-corrected chi connectivity index (χ1v) is 10.5. The number of allylic oxidation sites excluding steroid dienone is 6. The van der Waals surface area contributed by atoms with Crippen LogP contribution in [-0.4, -0.2) is 12.1 Å². The second-order valence-electron chi connectivity index (χ2n) is 7.00. The maximum atomic E-state index is 11.7. The van der Waals surface area contributed by atoms with Crippen molar-refractivity contribution in [1.29, 1.82) is 0 Å². The van der Waals surface area contributed by atoms with Crippen LogP contribution in [0.15, 0.2) is 36.5 Å². The van der Waals surface area contributed by atoms with E-state index in [1.807, 2.05) is 0 Å². The van der Waals surface area contributed by atoms with E-state index in [1.165, 1.54) is 38.5 Å². The van der Waals surface area contributed by atoms with E-state index >= 15 is 0 Å². The largest absolute Gasteiger partial charge is 0.462 e. The minimum Gasteiger partial charge on any atom is -0.462 e. The van der Waals surface area contributed by atoms with Crippen LogP contribution in [0.5, 0.6) is 0 Å². The third-order valence-electron chi connectivity index (χ3n) is 4.63. The van der Waals surface area contributed by atoms with Crippen molar-refractivity contribution in [2.45, 2.75) is 103 Å². The molecule has 0 radical (unpaired) electrons. The van der Waals surface area contributed by atoms with Crippen molar-refractivity contribution in [2.75, 3.05) is 0 Å². The number of unbranched alkanes of at least 4 members (excludes halogenated alkanes) is 5. The van der Waals surface area contributed by atoms with Crippen LogP contribution >= 0.6 is 0 Å². The molecule has 1 aliphatic carbocycles. The van der Waals surface area contributed by atoms with Crippen molar-refractivity contribution >= 4 is 5.97 Å². The van der Waals surface area contributed by atoms with Crippen molar-refractivity contribution in [1.82, 2.24) is 0 Å². The van der Waals surface area contributed by atoms with Gasteiger partial charge in [-0.1, -0.05) is 62.6 Å². The molecule has 2 nitrogen and oxygen atoms in total. The first-order valence-electron chi connectivity index (χ1n) is 10.5. The Bertz CT molecular complexity index is 400. The van der Waals surface area contributed by atoms with Crippen LogP contribution in [0.4, 0.5) is 0 Å². The van der Waals surface area contributed by atoms with Crippen molar-refractivity contribution in [3.8, 4) is 0 Å². The minimum atomic E-state index is 0.0214. The lowest BCUT2D eigenvalue weighted by molar-refractivity contribution is -0.148. The number of ether oxygens (including phenoxy) is 1. The van der Waals surface area contributed by atoms with Crippen LogP contribution in [0, 0.1) is 0 Å². The van der Waals surface area contributed by atoms with Crippen LogP contribution in [0.25, 0.3) is 0 Å². The number of carbonyl (C=O) groups excluding carboxylic acids is 1. The van der Waals surface area contributed by atoms with Crippen LogP contribution < -0.4 is 0 Å². The number of rotatable bonds is 14. The summed E-state index contributed by atoms with van der Waals surface area (Å²) in [6.45, 7) is 2.16. The summed E-state index contributed by atoms with van der Waals surface area (Å²) in [5.74, 6) is 0.0214. The van der Waals surface area contributed by atoms with Crippen LogP contribution in [0.3, 0.4) is 0 Å². The monoisotopic (exact) mass is 346 g/mol. The van der Waals surface area contributed by atoms with Gasteiger partial charge in [-0.2, -0.15) is 0 Å². The number of hydrogen-bond acceptors (Lipinski definition) is 2. The molecule has 0 heterocycles. The molecule has 0 bridgehead atoms. The molecule has 0 unspecified atom stereocenters. The average molecular weight is 347 g/mol. The Morgan fingerprint density at radius 3 is 2.16 bits per heavy atom. The molecule has 0 N–H and O–H groups in total. The van der Waals surface area contributed by atoms with E-state index in [9.17, 15) is 4.79 Å². The summed E-state index contributed by atoms with van der Waals surface area (Å²) in [6, 6.07) is 0. The van der Waals surface area contributed by atoms with E-state index in [2.05, 4.69) is 43.4 Å². The molecule has 0 amide bonds. The molecule has 0 aromatic heterocycles. The van der Waals surface area contributed by atoms with Crippen molar-refractivity contribution in [3.05, 3.63) is 36.5 Å². The fraction of sp³-hybridized carbons (Fsp3) is 0.696. The number of hydrogen-bond donors (Lipinski definition) is 0. The Hall–Kier alpha value is -1.31. The van der Waals surface area contributed by atoms with E-state index in [0.29, 0.717) is 6.42 Å². The SMILES string of the molecule is CCC=CCC=CCC=CCCCCCCCC(=O)OC1CCCC1. The fourth-order valence-electron chi connectivity index (χ4n) is 3.14. The van der Waals surface area contributed by atoms with Gasteiger partial charge in [0, 0.05) is 6.42 Å². The highest BCUT2D eigenvalue weighted by Gasteiger charge is 2.18. The minimum absolute atomic E-state index is 0.0214. The predicted octanol–water partition coefficient (Wildman–Crippen LogP) is 7.06. The molecule has 25 heavy (non-hydrogen) atoms. The predicted molar refractivity (Wildman–Crippen MR) is 108 cm³/mol. The summed E-state index contributed by atoms with van der Waals surface area (Å²) in [5, 5.41) is 0. The third kappa shape index (κ3) is 13.6. The van der Waals surface area contributed by atoms with Gasteiger partial charge in [-0.3, -0.25) is 4.79 Å². The maximum absolute atomic E-state index is 11.7. The molecular formula is C23H38O2. The van der Waals surface area contributed by atoms with E-state index in [4.69, 9.17) is 4.74 Å². The van der Waals surface area contributed by atoms with E-state index in [1.54, 1.807) is 0 Å². The summed E-state index contributed by atoms with van der Waals surface area (Å²) >= 11 is 0. The first kappa shape index (κ1) is 21.7. The van der Waals surface area contributed by atoms with Gasteiger partial charge in [0.1, 0.15) is 6.10 Å². The lowest BCUT2D eigenvalue weighted by atomic mass is 10.1. The molecule has 1 saturated carbocycles. The molecule has 1 rings (SSSR count). The molecular weight excluding hydrogens is 308 g/mol. The van der Waals surface area contributed by atoms with E-state index < -0.39 is 0 Å². The molecule has 1 fully saturated rings. The molecule has 0 aliphatic heterocycles. The Balaban J connectivity index is 1.82. The highest BCUT2D eigenvalue weighted by Crippen LogP contribution is 2.21. The molecule has 1 aliphatic rings. The summed E-state index contributed by atoms with van der Waals surface area (Å²) < 4.78 is 5.47. The quantitative estimate of drug-likeness (QED) is 0.191. The molecule has 0 aromatic rings. The maximum Gasteiger partial charge on any atom is 0.306 e. The highest BCUT2D eigenvalue weighted by molar-refractivity contribution is 5.69. The Kier molecular flexibility index (Phi) is 14.1. The molecule has 0 saturated heterocycles. The lowest BCUT2D eigenvalue weighted by Gasteiger charge is -2.10. The Morgan fingerprint density at radius 2 is 1.44 bits per heavy atom. The third-order valence-corrected chi connectivity index (χ3v) is 4.63. The Morgan fingerprint density at radius 1 is 0.840 bits per heavy atom. The number of esters is 1. The van der Waals surface area contributed by atoms with E-state index in [0.717, 1.165) is 44.9 Å². The molecule has 2 heteroatoms. The first-order chi connectivity index (χ1) is 12.3. The summed E-state index contributed by atoms with van der Waals surface area (Å²) in [5.41, 5.74) is 0. The van der Waals surface area contributed by atoms with Crippen LogP contribution in [-0.2, 0) is 9.53 Å². The molecule has 142 valence electrons. The topological polar surface area (TPSA) is 26.3 Å². The van der Waals surface area contributed by atoms with Crippen LogP contribution in [0.2, 0.25) is 0 Å². The van der Waals surface area contributed by atoms with Crippen LogP contribution in [0.1, 0.15) is 96.8 Å². The standard InChI is InChI=1S/C23H38O2/c1-2-3-4-5-6-7-8-9-10-11-12-13-14-15-16-21-23(24)25-22-19-17-18-20-22/h3-4,6-7,9-10,22H,2,5,8,11-21H2,1H3. The normalized spacial score (nSPS) is 15.9. The number of carbonyl (C=O) groups is 1. The molecule has 0 atom stereocenters.